The third-order valence-electron chi connectivity index (χ3n) is 2.38. The summed E-state index contributed by atoms with van der Waals surface area (Å²) in [6.07, 6.45) is 3.52. The molecule has 1 aliphatic rings. The van der Waals surface area contributed by atoms with Gasteiger partial charge in [0.05, 0.1) is 0 Å². The molecule has 2 nitrogen and oxygen atoms in total. The Bertz CT molecular complexity index is 341. The fourth-order valence-corrected chi connectivity index (χ4v) is 2.41. The Labute approximate surface area is 93.7 Å². The lowest BCUT2D eigenvalue weighted by Crippen LogP contribution is -1.97. The SMILES string of the molecule is O=C(O)CCc1ccc(SC2CC2)cc1. The van der Waals surface area contributed by atoms with Gasteiger partial charge >= 0.3 is 5.97 Å². The van der Waals surface area contributed by atoms with E-state index in [0.29, 0.717) is 6.42 Å². The van der Waals surface area contributed by atoms with Gasteiger partial charge in [0, 0.05) is 16.6 Å². The Morgan fingerprint density at radius 1 is 1.33 bits per heavy atom. The highest BCUT2D eigenvalue weighted by Gasteiger charge is 2.22. The number of hydrogen-bond acceptors (Lipinski definition) is 2. The van der Waals surface area contributed by atoms with Crippen LogP contribution in [-0.2, 0) is 11.2 Å². The molecule has 15 heavy (non-hydrogen) atoms. The van der Waals surface area contributed by atoms with Crippen molar-refractivity contribution in [2.75, 3.05) is 0 Å². The van der Waals surface area contributed by atoms with E-state index in [9.17, 15) is 4.79 Å². The number of carbonyl (C=O) groups is 1. The summed E-state index contributed by atoms with van der Waals surface area (Å²) in [4.78, 5) is 11.7. The summed E-state index contributed by atoms with van der Waals surface area (Å²) in [5, 5.41) is 9.38. The molecular formula is C12H14O2S. The van der Waals surface area contributed by atoms with E-state index in [0.717, 1.165) is 10.8 Å². The molecule has 0 bridgehead atoms. The Hall–Kier alpha value is -0.960. The van der Waals surface area contributed by atoms with E-state index in [1.165, 1.54) is 17.7 Å². The molecule has 0 amide bonds. The summed E-state index contributed by atoms with van der Waals surface area (Å²) in [7, 11) is 0. The molecule has 0 unspecified atom stereocenters. The normalized spacial score (nSPS) is 15.2. The number of aliphatic carboxylic acids is 1. The minimum Gasteiger partial charge on any atom is -0.481 e. The molecular weight excluding hydrogens is 208 g/mol. The minimum absolute atomic E-state index is 0.217. The second-order valence-electron chi connectivity index (χ2n) is 3.85. The minimum atomic E-state index is -0.730. The van der Waals surface area contributed by atoms with Crippen LogP contribution in [0.15, 0.2) is 29.2 Å². The van der Waals surface area contributed by atoms with E-state index in [1.807, 2.05) is 23.9 Å². The van der Waals surface area contributed by atoms with E-state index in [2.05, 4.69) is 12.1 Å². The summed E-state index contributed by atoms with van der Waals surface area (Å²) in [5.41, 5.74) is 1.11. The number of rotatable bonds is 5. The first-order valence-corrected chi connectivity index (χ1v) is 6.09. The van der Waals surface area contributed by atoms with Crippen LogP contribution in [0, 0.1) is 0 Å². The average Bonchev–Trinajstić information content (AvgIpc) is 3.01. The van der Waals surface area contributed by atoms with Crippen LogP contribution >= 0.6 is 11.8 Å². The summed E-state index contributed by atoms with van der Waals surface area (Å²) in [6.45, 7) is 0. The molecule has 1 aromatic rings. The van der Waals surface area contributed by atoms with Crippen molar-refractivity contribution in [3.63, 3.8) is 0 Å². The first-order valence-electron chi connectivity index (χ1n) is 5.21. The molecule has 3 heteroatoms. The summed E-state index contributed by atoms with van der Waals surface area (Å²) in [6, 6.07) is 8.27. The van der Waals surface area contributed by atoms with Gasteiger partial charge in [0.25, 0.3) is 0 Å². The average molecular weight is 222 g/mol. The van der Waals surface area contributed by atoms with Crippen LogP contribution in [0.5, 0.6) is 0 Å². The molecule has 2 rings (SSSR count). The predicted octanol–water partition coefficient (Wildman–Crippen LogP) is 2.96. The highest BCUT2D eigenvalue weighted by molar-refractivity contribution is 8.00. The molecule has 0 atom stereocenters. The number of aryl methyl sites for hydroxylation is 1. The Morgan fingerprint density at radius 2 is 2.00 bits per heavy atom. The summed E-state index contributed by atoms with van der Waals surface area (Å²) in [5.74, 6) is -0.730. The third-order valence-corrected chi connectivity index (χ3v) is 3.73. The lowest BCUT2D eigenvalue weighted by molar-refractivity contribution is -0.136. The second kappa shape index (κ2) is 4.71. The van der Waals surface area contributed by atoms with Crippen molar-refractivity contribution in [2.24, 2.45) is 0 Å². The molecule has 0 radical (unpaired) electrons. The van der Waals surface area contributed by atoms with Crippen LogP contribution in [0.3, 0.4) is 0 Å². The van der Waals surface area contributed by atoms with Gasteiger partial charge in [-0.15, -0.1) is 11.8 Å². The highest BCUT2D eigenvalue weighted by atomic mass is 32.2. The van der Waals surface area contributed by atoms with Crippen LogP contribution in [0.1, 0.15) is 24.8 Å². The zero-order valence-electron chi connectivity index (χ0n) is 8.48. The van der Waals surface area contributed by atoms with Crippen LogP contribution < -0.4 is 0 Å². The molecule has 80 valence electrons. The van der Waals surface area contributed by atoms with E-state index >= 15 is 0 Å². The first kappa shape index (κ1) is 10.6. The first-order chi connectivity index (χ1) is 7.24. The van der Waals surface area contributed by atoms with Crippen molar-refractivity contribution in [2.45, 2.75) is 35.8 Å². The number of thioether (sulfide) groups is 1. The van der Waals surface area contributed by atoms with Gasteiger partial charge in [-0.3, -0.25) is 4.79 Å². The topological polar surface area (TPSA) is 37.3 Å². The van der Waals surface area contributed by atoms with Gasteiger partial charge < -0.3 is 5.11 Å². The van der Waals surface area contributed by atoms with Gasteiger partial charge in [-0.1, -0.05) is 12.1 Å². The van der Waals surface area contributed by atoms with Gasteiger partial charge in [-0.2, -0.15) is 0 Å². The zero-order chi connectivity index (χ0) is 10.7. The standard InChI is InChI=1S/C12H14O2S/c13-12(14)8-3-9-1-4-10(5-2-9)15-11-6-7-11/h1-2,4-5,11H,3,6-8H2,(H,13,14). The Morgan fingerprint density at radius 3 is 2.53 bits per heavy atom. The van der Waals surface area contributed by atoms with Crippen molar-refractivity contribution in [1.29, 1.82) is 0 Å². The Balaban J connectivity index is 1.87. The summed E-state index contributed by atoms with van der Waals surface area (Å²) < 4.78 is 0. The molecule has 1 saturated carbocycles. The van der Waals surface area contributed by atoms with E-state index in [4.69, 9.17) is 5.11 Å². The van der Waals surface area contributed by atoms with E-state index in [1.54, 1.807) is 0 Å². The number of hydrogen-bond donors (Lipinski definition) is 1. The molecule has 0 saturated heterocycles. The number of carboxylic acid groups (broad SMARTS) is 1. The molecule has 0 aliphatic heterocycles. The van der Waals surface area contributed by atoms with Crippen molar-refractivity contribution >= 4 is 17.7 Å². The van der Waals surface area contributed by atoms with Crippen molar-refractivity contribution in [1.82, 2.24) is 0 Å². The molecule has 0 spiro atoms. The predicted molar refractivity (Wildman–Crippen MR) is 61.3 cm³/mol. The van der Waals surface area contributed by atoms with Crippen LogP contribution in [0.25, 0.3) is 0 Å². The van der Waals surface area contributed by atoms with Gasteiger partial charge in [0.2, 0.25) is 0 Å². The van der Waals surface area contributed by atoms with Gasteiger partial charge in [0.15, 0.2) is 0 Å². The fourth-order valence-electron chi connectivity index (χ4n) is 1.36. The highest BCUT2D eigenvalue weighted by Crippen LogP contribution is 2.38. The maximum atomic E-state index is 10.4. The van der Waals surface area contributed by atoms with Crippen LogP contribution in [0.4, 0.5) is 0 Å². The zero-order valence-corrected chi connectivity index (χ0v) is 9.30. The lowest BCUT2D eigenvalue weighted by atomic mass is 10.1. The van der Waals surface area contributed by atoms with Gasteiger partial charge in [-0.05, 0) is 37.0 Å². The number of carboxylic acids is 1. The van der Waals surface area contributed by atoms with Crippen molar-refractivity contribution in [3.05, 3.63) is 29.8 Å². The number of benzene rings is 1. The molecule has 0 aromatic heterocycles. The lowest BCUT2D eigenvalue weighted by Gasteiger charge is -2.01. The van der Waals surface area contributed by atoms with Gasteiger partial charge in [0.1, 0.15) is 0 Å². The van der Waals surface area contributed by atoms with Crippen molar-refractivity contribution < 1.29 is 9.90 Å². The van der Waals surface area contributed by atoms with Crippen molar-refractivity contribution in [3.8, 4) is 0 Å². The monoisotopic (exact) mass is 222 g/mol. The van der Waals surface area contributed by atoms with E-state index < -0.39 is 5.97 Å². The third kappa shape index (κ3) is 3.59. The maximum Gasteiger partial charge on any atom is 0.303 e. The van der Waals surface area contributed by atoms with Gasteiger partial charge in [-0.25, -0.2) is 0 Å². The van der Waals surface area contributed by atoms with Crippen LogP contribution in [-0.4, -0.2) is 16.3 Å². The quantitative estimate of drug-likeness (QED) is 0.832. The molecule has 1 aliphatic carbocycles. The molecule has 1 aromatic carbocycles. The molecule has 0 heterocycles. The Kier molecular flexibility index (Phi) is 3.31. The van der Waals surface area contributed by atoms with Crippen LogP contribution in [0.2, 0.25) is 0 Å². The second-order valence-corrected chi connectivity index (χ2v) is 5.23. The molecule has 1 N–H and O–H groups in total. The smallest absolute Gasteiger partial charge is 0.303 e. The summed E-state index contributed by atoms with van der Waals surface area (Å²) >= 11 is 1.93. The molecule has 1 fully saturated rings. The van der Waals surface area contributed by atoms with E-state index in [-0.39, 0.29) is 6.42 Å². The fraction of sp³-hybridized carbons (Fsp3) is 0.417. The maximum absolute atomic E-state index is 10.4. The largest absolute Gasteiger partial charge is 0.481 e.